The Morgan fingerprint density at radius 1 is 0.500 bits per heavy atom. The van der Waals surface area contributed by atoms with Crippen molar-refractivity contribution in [1.82, 2.24) is 49.5 Å². The molecule has 20 heteroatoms. The number of aromatic nitrogens is 10. The summed E-state index contributed by atoms with van der Waals surface area (Å²) in [5, 5.41) is 16.4. The monoisotopic (exact) mass is 906 g/mol. The topological polar surface area (TPSA) is 162 Å². The lowest BCUT2D eigenvalue weighted by Gasteiger charge is -2.38. The molecule has 0 spiro atoms. The van der Waals surface area contributed by atoms with Gasteiger partial charge in [-0.15, -0.1) is 10.2 Å². The second kappa shape index (κ2) is 17.3. The van der Waals surface area contributed by atoms with Crippen LogP contribution in [-0.4, -0.2) is 87.7 Å². The van der Waals surface area contributed by atoms with Crippen molar-refractivity contribution in [3.05, 3.63) is 107 Å². The molecule has 2 unspecified atom stereocenters. The average molecular weight is 907 g/mol. The van der Waals surface area contributed by atoms with Crippen molar-refractivity contribution in [2.75, 3.05) is 46.6 Å². The van der Waals surface area contributed by atoms with Gasteiger partial charge in [0.15, 0.2) is 23.9 Å². The van der Waals surface area contributed by atoms with Gasteiger partial charge in [0.2, 0.25) is 11.9 Å². The highest BCUT2D eigenvalue weighted by molar-refractivity contribution is 5.43. The molecule has 2 N–H and O–H groups in total. The first-order valence-electron chi connectivity index (χ1n) is 22.8. The van der Waals surface area contributed by atoms with Crippen molar-refractivity contribution < 1.29 is 27.0 Å². The number of fused-ring (bicyclic) bond motifs is 6. The fourth-order valence-corrected chi connectivity index (χ4v) is 10.9. The molecule has 6 aromatic rings. The van der Waals surface area contributed by atoms with E-state index in [1.807, 2.05) is 35.3 Å². The summed E-state index contributed by atoms with van der Waals surface area (Å²) in [6, 6.07) is 11.1. The van der Waals surface area contributed by atoms with E-state index in [-0.39, 0.29) is 23.7 Å². The van der Waals surface area contributed by atoms with Crippen LogP contribution in [0.2, 0.25) is 0 Å². The molecular weight excluding hydrogens is 857 g/mol. The van der Waals surface area contributed by atoms with Crippen LogP contribution in [0.25, 0.3) is 0 Å². The third-order valence-electron chi connectivity index (χ3n) is 13.9. The molecule has 4 aromatic heterocycles. The minimum absolute atomic E-state index is 0.161. The second-order valence-corrected chi connectivity index (χ2v) is 18.4. The highest BCUT2D eigenvalue weighted by Crippen LogP contribution is 2.42. The Bertz CT molecular complexity index is 2490. The molecule has 4 aliphatic heterocycles. The number of ether oxygens (including phenoxy) is 2. The predicted octanol–water partition coefficient (Wildman–Crippen LogP) is 7.01. The van der Waals surface area contributed by atoms with Gasteiger partial charge in [0, 0.05) is 124 Å². The number of nitrogens with one attached hydrogen (secondary N) is 2. The number of halogens is 4. The van der Waals surface area contributed by atoms with Gasteiger partial charge in [-0.3, -0.25) is 0 Å². The first kappa shape index (κ1) is 42.1. The molecule has 0 radical (unpaired) electrons. The summed E-state index contributed by atoms with van der Waals surface area (Å²) in [6.07, 6.45) is 8.46. The van der Waals surface area contributed by atoms with E-state index >= 15 is 0 Å². The fourth-order valence-electron chi connectivity index (χ4n) is 10.9. The average Bonchev–Trinajstić information content (AvgIpc) is 4.11. The third-order valence-corrected chi connectivity index (χ3v) is 13.9. The maximum Gasteiger partial charge on any atom is 0.242 e. The van der Waals surface area contributed by atoms with E-state index in [9.17, 15) is 17.6 Å². The highest BCUT2D eigenvalue weighted by atomic mass is 19.1. The summed E-state index contributed by atoms with van der Waals surface area (Å²) in [6.45, 7) is 9.04. The Labute approximate surface area is 378 Å². The Balaban J connectivity index is 0.000000146. The van der Waals surface area contributed by atoms with E-state index in [4.69, 9.17) is 9.47 Å². The maximum atomic E-state index is 13.5. The van der Waals surface area contributed by atoms with Crippen molar-refractivity contribution in [3.8, 4) is 11.5 Å². The molecule has 4 bridgehead atoms. The number of nitrogens with zero attached hydrogens (tertiary/aromatic N) is 12. The summed E-state index contributed by atoms with van der Waals surface area (Å²) in [5.41, 5.74) is 1.95. The Kier molecular flexibility index (Phi) is 11.0. The van der Waals surface area contributed by atoms with Crippen molar-refractivity contribution in [3.63, 3.8) is 0 Å². The predicted molar refractivity (Wildman–Crippen MR) is 234 cm³/mol. The van der Waals surface area contributed by atoms with Crippen molar-refractivity contribution in [2.45, 2.75) is 89.8 Å². The van der Waals surface area contributed by atoms with Crippen LogP contribution in [0.15, 0.2) is 61.2 Å². The second-order valence-electron chi connectivity index (χ2n) is 18.4. The molecule has 8 atom stereocenters. The van der Waals surface area contributed by atoms with Gasteiger partial charge in [-0.05, 0) is 63.2 Å². The molecule has 12 rings (SSSR count). The highest BCUT2D eigenvalue weighted by Gasteiger charge is 2.45. The lowest BCUT2D eigenvalue weighted by molar-refractivity contribution is 0.201. The first-order chi connectivity index (χ1) is 32.0. The molecule has 0 amide bonds. The standard InChI is InChI=1S/2C23H25F2N7O/c2*1-13-6-20(27-12-26-13)31-10-14-2-3-15(11-31)21(14)28-23-29-22-19(4-5-32(22)30-23)33-18-8-16(24)7-17(25)9-18/h2*6-9,12,14-15,19,21H,2-5,10-11H2,1H3,(H,28,30)/t2*14-,15+,19-,21?/m10/s1. The number of aryl methyl sites for hydroxylation is 4. The SMILES string of the molecule is Cc1cc(N2C[C@H]3CC[C@@H](C2)C3Nc2nc3n(n2)CC[C@@H]3Oc2cc(F)cc(F)c2)ncn1.Cc1cc(N2C[C@H]3CC[C@@H](C2)C3Nc2nc3n(n2)CC[C@H]3Oc2cc(F)cc(F)c2)ncn1. The van der Waals surface area contributed by atoms with E-state index in [2.05, 4.69) is 60.5 Å². The summed E-state index contributed by atoms with van der Waals surface area (Å²) in [5.74, 6) is 4.16. The Hall–Kier alpha value is -6.60. The van der Waals surface area contributed by atoms with Crippen LogP contribution < -0.4 is 29.9 Å². The van der Waals surface area contributed by atoms with Crippen molar-refractivity contribution in [1.29, 1.82) is 0 Å². The van der Waals surface area contributed by atoms with E-state index in [0.717, 1.165) is 87.0 Å². The van der Waals surface area contributed by atoms with Gasteiger partial charge >= 0.3 is 0 Å². The van der Waals surface area contributed by atoms with Crippen LogP contribution in [0.4, 0.5) is 41.1 Å². The van der Waals surface area contributed by atoms with Gasteiger partial charge in [0.05, 0.1) is 0 Å². The van der Waals surface area contributed by atoms with E-state index < -0.39 is 23.3 Å². The van der Waals surface area contributed by atoms with Gasteiger partial charge in [0.1, 0.15) is 59.1 Å². The van der Waals surface area contributed by atoms with Crippen LogP contribution in [-0.2, 0) is 13.1 Å². The number of piperidine rings is 2. The zero-order valence-electron chi connectivity index (χ0n) is 36.6. The van der Waals surface area contributed by atoms with E-state index in [0.29, 0.717) is 85.2 Å². The number of hydrogen-bond acceptors (Lipinski definition) is 14. The minimum Gasteiger partial charge on any atom is -0.482 e. The maximum absolute atomic E-state index is 13.5. The zero-order chi connectivity index (χ0) is 45.1. The molecule has 2 aromatic carbocycles. The van der Waals surface area contributed by atoms with E-state index in [1.54, 1.807) is 12.7 Å². The van der Waals surface area contributed by atoms with Gasteiger partial charge in [-0.1, -0.05) is 0 Å². The van der Waals surface area contributed by atoms with E-state index in [1.165, 1.54) is 24.3 Å². The van der Waals surface area contributed by atoms with Gasteiger partial charge < -0.3 is 29.9 Å². The minimum atomic E-state index is -0.661. The lowest BCUT2D eigenvalue weighted by Crippen LogP contribution is -2.48. The van der Waals surface area contributed by atoms with Gasteiger partial charge in [0.25, 0.3) is 0 Å². The van der Waals surface area contributed by atoms with Gasteiger partial charge in [-0.2, -0.15) is 9.97 Å². The summed E-state index contributed by atoms with van der Waals surface area (Å²) < 4.78 is 69.4. The molecular formula is C46H50F4N14O2. The van der Waals surface area contributed by atoms with Crippen LogP contribution in [0.1, 0.15) is 73.8 Å². The quantitative estimate of drug-likeness (QED) is 0.135. The van der Waals surface area contributed by atoms with Crippen molar-refractivity contribution in [2.24, 2.45) is 23.7 Å². The molecule has 6 aliphatic rings. The normalized spacial score (nSPS) is 25.8. The summed E-state index contributed by atoms with van der Waals surface area (Å²) in [7, 11) is 0. The zero-order valence-corrected chi connectivity index (χ0v) is 36.6. The summed E-state index contributed by atoms with van der Waals surface area (Å²) in [4.78, 5) is 31.4. The molecule has 2 saturated carbocycles. The molecule has 2 saturated heterocycles. The fraction of sp³-hybridized carbons (Fsp3) is 0.478. The molecule has 16 nitrogen and oxygen atoms in total. The molecule has 344 valence electrons. The van der Waals surface area contributed by atoms with Gasteiger partial charge in [-0.25, -0.2) is 46.9 Å². The number of anilines is 4. The molecule has 4 fully saturated rings. The Morgan fingerprint density at radius 2 is 0.879 bits per heavy atom. The number of benzene rings is 2. The smallest absolute Gasteiger partial charge is 0.242 e. The van der Waals surface area contributed by atoms with Crippen LogP contribution in [0.5, 0.6) is 11.5 Å². The molecule has 66 heavy (non-hydrogen) atoms. The van der Waals surface area contributed by atoms with Crippen molar-refractivity contribution >= 4 is 23.5 Å². The number of rotatable bonds is 10. The largest absolute Gasteiger partial charge is 0.482 e. The lowest BCUT2D eigenvalue weighted by atomic mass is 9.92. The summed E-state index contributed by atoms with van der Waals surface area (Å²) >= 11 is 0. The van der Waals surface area contributed by atoms with Crippen LogP contribution >= 0.6 is 0 Å². The first-order valence-corrected chi connectivity index (χ1v) is 22.8. The Morgan fingerprint density at radius 3 is 1.24 bits per heavy atom. The third kappa shape index (κ3) is 8.64. The molecule has 8 heterocycles. The molecule has 2 aliphatic carbocycles. The van der Waals surface area contributed by atoms with Crippen LogP contribution in [0, 0.1) is 60.8 Å². The van der Waals surface area contributed by atoms with Crippen LogP contribution in [0.3, 0.4) is 0 Å². The number of hydrogen-bond donors (Lipinski definition) is 2.